The van der Waals surface area contributed by atoms with Gasteiger partial charge in [-0.3, -0.25) is 14.9 Å². The van der Waals surface area contributed by atoms with Gasteiger partial charge in [-0.25, -0.2) is 4.79 Å². The predicted octanol–water partition coefficient (Wildman–Crippen LogP) is 0.478. The lowest BCUT2D eigenvalue weighted by molar-refractivity contribution is -0.160. The van der Waals surface area contributed by atoms with E-state index in [-0.39, 0.29) is 19.4 Å². The van der Waals surface area contributed by atoms with Crippen molar-refractivity contribution >= 4 is 17.8 Å². The zero-order chi connectivity index (χ0) is 21.0. The summed E-state index contributed by atoms with van der Waals surface area (Å²) in [6, 6.07) is 6.55. The van der Waals surface area contributed by atoms with E-state index in [9.17, 15) is 24.6 Å². The molecule has 5 atom stereocenters. The number of amides is 1. The van der Waals surface area contributed by atoms with E-state index in [2.05, 4.69) is 5.32 Å². The molecule has 3 unspecified atom stereocenters. The number of piperidine rings is 1. The third-order valence-electron chi connectivity index (χ3n) is 5.43. The summed E-state index contributed by atoms with van der Waals surface area (Å²) in [5.74, 6) is -2.68. The molecule has 3 rings (SSSR count). The standard InChI is InChI=1S/C20H26N2O7/c1-12(21-14(19(24)25)8-7-13-5-3-2-4-6-13)18(23)22-10-9-15-17(29-11-28-15)16(22)20(26)27/h2-6,12,14-17,21H,7-11H2,1H3,(H,24,25)(H,26,27)/t12?,14-,15?,16-,17?/m0/s1. The summed E-state index contributed by atoms with van der Waals surface area (Å²) in [6.45, 7) is 1.78. The normalized spacial score (nSPS) is 25.8. The molecule has 2 fully saturated rings. The average Bonchev–Trinajstić information content (AvgIpc) is 3.18. The van der Waals surface area contributed by atoms with E-state index in [0.29, 0.717) is 19.3 Å². The van der Waals surface area contributed by atoms with E-state index in [1.807, 2.05) is 30.3 Å². The first kappa shape index (κ1) is 21.2. The molecule has 0 bridgehead atoms. The fourth-order valence-electron chi connectivity index (χ4n) is 3.91. The highest BCUT2D eigenvalue weighted by molar-refractivity contribution is 5.88. The molecule has 2 heterocycles. The topological polar surface area (TPSA) is 125 Å². The first-order valence-corrected chi connectivity index (χ1v) is 9.67. The van der Waals surface area contributed by atoms with Crippen LogP contribution >= 0.6 is 0 Å². The number of nitrogens with zero attached hydrogens (tertiary/aromatic N) is 1. The van der Waals surface area contributed by atoms with Gasteiger partial charge in [0, 0.05) is 6.54 Å². The summed E-state index contributed by atoms with van der Waals surface area (Å²) < 4.78 is 10.8. The third kappa shape index (κ3) is 4.92. The first-order valence-electron chi connectivity index (χ1n) is 9.67. The number of likely N-dealkylation sites (tertiary alicyclic amines) is 1. The summed E-state index contributed by atoms with van der Waals surface area (Å²) in [5.41, 5.74) is 1.01. The quantitative estimate of drug-likeness (QED) is 0.569. The zero-order valence-corrected chi connectivity index (χ0v) is 16.2. The second-order valence-corrected chi connectivity index (χ2v) is 7.36. The van der Waals surface area contributed by atoms with Gasteiger partial charge >= 0.3 is 11.9 Å². The predicted molar refractivity (Wildman–Crippen MR) is 101 cm³/mol. The SMILES string of the molecule is CC(N[C@@H](CCc1ccccc1)C(=O)O)C(=O)N1CCC2OCOC2[C@H]1C(=O)O. The van der Waals surface area contributed by atoms with Crippen LogP contribution in [-0.4, -0.2) is 76.6 Å². The Labute approximate surface area is 168 Å². The number of carboxylic acids is 2. The molecule has 0 saturated carbocycles. The van der Waals surface area contributed by atoms with Crippen LogP contribution in [0, 0.1) is 0 Å². The van der Waals surface area contributed by atoms with Gasteiger partial charge in [0.1, 0.15) is 18.9 Å². The Bertz CT molecular complexity index is 742. The molecule has 1 amide bonds. The summed E-state index contributed by atoms with van der Waals surface area (Å²) in [5, 5.41) is 22.0. The molecule has 1 aromatic rings. The van der Waals surface area contributed by atoms with Gasteiger partial charge in [-0.05, 0) is 31.7 Å². The highest BCUT2D eigenvalue weighted by Gasteiger charge is 2.49. The molecule has 0 aliphatic carbocycles. The summed E-state index contributed by atoms with van der Waals surface area (Å²) in [7, 11) is 0. The molecule has 2 aliphatic rings. The van der Waals surface area contributed by atoms with Gasteiger partial charge in [0.2, 0.25) is 5.91 Å². The number of carbonyl (C=O) groups excluding carboxylic acids is 1. The van der Waals surface area contributed by atoms with Crippen molar-refractivity contribution in [1.29, 1.82) is 0 Å². The monoisotopic (exact) mass is 406 g/mol. The van der Waals surface area contributed by atoms with E-state index in [1.54, 1.807) is 6.92 Å². The maximum Gasteiger partial charge on any atom is 0.329 e. The Morgan fingerprint density at radius 2 is 1.93 bits per heavy atom. The second-order valence-electron chi connectivity index (χ2n) is 7.36. The molecule has 158 valence electrons. The molecule has 2 saturated heterocycles. The average molecular weight is 406 g/mol. The van der Waals surface area contributed by atoms with E-state index in [0.717, 1.165) is 5.56 Å². The van der Waals surface area contributed by atoms with Gasteiger partial charge in [0.05, 0.1) is 12.1 Å². The van der Waals surface area contributed by atoms with E-state index >= 15 is 0 Å². The molecule has 2 aliphatic heterocycles. The summed E-state index contributed by atoms with van der Waals surface area (Å²) in [4.78, 5) is 37.6. The molecular formula is C20H26N2O7. The molecule has 3 N–H and O–H groups in total. The van der Waals surface area contributed by atoms with Crippen LogP contribution in [0.25, 0.3) is 0 Å². The number of aliphatic carboxylic acids is 2. The van der Waals surface area contributed by atoms with Crippen molar-refractivity contribution in [3.63, 3.8) is 0 Å². The van der Waals surface area contributed by atoms with Crippen LogP contribution in [0.2, 0.25) is 0 Å². The van der Waals surface area contributed by atoms with E-state index in [1.165, 1.54) is 4.90 Å². The van der Waals surface area contributed by atoms with Gasteiger partial charge in [-0.15, -0.1) is 0 Å². The van der Waals surface area contributed by atoms with E-state index in [4.69, 9.17) is 9.47 Å². The zero-order valence-electron chi connectivity index (χ0n) is 16.2. The van der Waals surface area contributed by atoms with Gasteiger partial charge in [-0.2, -0.15) is 0 Å². The van der Waals surface area contributed by atoms with Crippen LogP contribution in [0.3, 0.4) is 0 Å². The Morgan fingerprint density at radius 1 is 1.21 bits per heavy atom. The Balaban J connectivity index is 1.64. The number of fused-ring (bicyclic) bond motifs is 1. The Kier molecular flexibility index (Phi) is 6.83. The van der Waals surface area contributed by atoms with Crippen molar-refractivity contribution in [2.75, 3.05) is 13.3 Å². The van der Waals surface area contributed by atoms with Crippen molar-refractivity contribution in [3.8, 4) is 0 Å². The van der Waals surface area contributed by atoms with Crippen molar-refractivity contribution in [2.45, 2.75) is 56.5 Å². The number of carbonyl (C=O) groups is 3. The number of rotatable bonds is 8. The van der Waals surface area contributed by atoms with Gasteiger partial charge in [0.25, 0.3) is 0 Å². The minimum absolute atomic E-state index is 0.00945. The lowest BCUT2D eigenvalue weighted by Crippen LogP contribution is -2.62. The van der Waals surface area contributed by atoms with Crippen molar-refractivity contribution in [2.24, 2.45) is 0 Å². The second kappa shape index (κ2) is 9.34. The number of benzene rings is 1. The van der Waals surface area contributed by atoms with Crippen molar-refractivity contribution in [3.05, 3.63) is 35.9 Å². The van der Waals surface area contributed by atoms with Crippen LogP contribution in [0.5, 0.6) is 0 Å². The highest BCUT2D eigenvalue weighted by atomic mass is 16.7. The molecule has 9 heteroatoms. The van der Waals surface area contributed by atoms with Crippen LogP contribution in [0.4, 0.5) is 0 Å². The molecular weight excluding hydrogens is 380 g/mol. The Hall–Kier alpha value is -2.49. The van der Waals surface area contributed by atoms with Crippen LogP contribution < -0.4 is 5.32 Å². The largest absolute Gasteiger partial charge is 0.480 e. The van der Waals surface area contributed by atoms with E-state index < -0.39 is 42.1 Å². The number of nitrogens with one attached hydrogen (secondary N) is 1. The number of hydrogen-bond donors (Lipinski definition) is 3. The van der Waals surface area contributed by atoms with Crippen LogP contribution in [0.15, 0.2) is 30.3 Å². The Morgan fingerprint density at radius 3 is 2.59 bits per heavy atom. The van der Waals surface area contributed by atoms with Gasteiger partial charge < -0.3 is 24.6 Å². The summed E-state index contributed by atoms with van der Waals surface area (Å²) >= 11 is 0. The number of aryl methyl sites for hydroxylation is 1. The maximum atomic E-state index is 12.9. The lowest BCUT2D eigenvalue weighted by atomic mass is 9.95. The van der Waals surface area contributed by atoms with Gasteiger partial charge in [-0.1, -0.05) is 30.3 Å². The lowest BCUT2D eigenvalue weighted by Gasteiger charge is -2.40. The smallest absolute Gasteiger partial charge is 0.329 e. The van der Waals surface area contributed by atoms with Crippen molar-refractivity contribution < 1.29 is 34.1 Å². The minimum atomic E-state index is -1.16. The molecule has 9 nitrogen and oxygen atoms in total. The third-order valence-corrected chi connectivity index (χ3v) is 5.43. The number of carboxylic acid groups (broad SMARTS) is 2. The van der Waals surface area contributed by atoms with Crippen LogP contribution in [0.1, 0.15) is 25.3 Å². The number of hydrogen-bond acceptors (Lipinski definition) is 6. The van der Waals surface area contributed by atoms with Crippen molar-refractivity contribution in [1.82, 2.24) is 10.2 Å². The summed E-state index contributed by atoms with van der Waals surface area (Å²) in [6.07, 6.45) is 0.263. The molecule has 0 aromatic heterocycles. The number of ether oxygens (including phenoxy) is 2. The molecule has 0 spiro atoms. The highest BCUT2D eigenvalue weighted by Crippen LogP contribution is 2.28. The first-order chi connectivity index (χ1) is 13.9. The van der Waals surface area contributed by atoms with Gasteiger partial charge in [0.15, 0.2) is 6.04 Å². The van der Waals surface area contributed by atoms with Crippen LogP contribution in [-0.2, 0) is 30.3 Å². The molecule has 29 heavy (non-hydrogen) atoms. The molecule has 1 aromatic carbocycles. The fourth-order valence-corrected chi connectivity index (χ4v) is 3.91. The fraction of sp³-hybridized carbons (Fsp3) is 0.550. The molecule has 0 radical (unpaired) electrons. The maximum absolute atomic E-state index is 12.9. The minimum Gasteiger partial charge on any atom is -0.480 e.